The Morgan fingerprint density at radius 3 is 1.81 bits per heavy atom. The van der Waals surface area contributed by atoms with Gasteiger partial charge in [0.1, 0.15) is 11.2 Å². The molecule has 0 bridgehead atoms. The SMILES string of the molecule is CC(C)(C)c1ccc(N2B3c4cc5oc6ccccc6c5cc4-n4c5cc6c(cc5c5c7c(sc8ccccc87)c(c3c54)-c3cc4sc5cc7c(cc5c4cc32)C(C)(C)CCC7(C)C)C(C)(C)CCC6(C)C)cc1. The maximum absolute atomic E-state index is 6.94. The van der Waals surface area contributed by atoms with Gasteiger partial charge in [-0.2, -0.15) is 0 Å². The van der Waals surface area contributed by atoms with Crippen LogP contribution in [-0.2, 0) is 27.1 Å². The van der Waals surface area contributed by atoms with Crippen molar-refractivity contribution in [2.75, 3.05) is 4.81 Å². The molecule has 0 unspecified atom stereocenters. The number of aromatic nitrogens is 1. The third-order valence-corrected chi connectivity index (χ3v) is 21.5. The summed E-state index contributed by atoms with van der Waals surface area (Å²) in [4.78, 5) is 2.75. The quantitative estimate of drug-likeness (QED) is 0.153. The Hall–Kier alpha value is -6.34. The largest absolute Gasteiger partial charge is 0.456 e. The summed E-state index contributed by atoms with van der Waals surface area (Å²) in [6.45, 7) is 26.6. The van der Waals surface area contributed by atoms with Crippen LogP contribution in [-0.4, -0.2) is 11.4 Å². The highest BCUT2D eigenvalue weighted by Gasteiger charge is 2.48. The molecule has 0 amide bonds. The van der Waals surface area contributed by atoms with Crippen molar-refractivity contribution in [1.29, 1.82) is 0 Å². The summed E-state index contributed by atoms with van der Waals surface area (Å²) in [5, 5.41) is 10.6. The number of fused-ring (bicyclic) bond motifs is 21. The zero-order chi connectivity index (χ0) is 50.5. The van der Waals surface area contributed by atoms with Gasteiger partial charge in [-0.25, -0.2) is 0 Å². The number of furan rings is 1. The van der Waals surface area contributed by atoms with Crippen LogP contribution in [0.1, 0.15) is 130 Å². The molecular formula is C68H61BN2OS2. The Morgan fingerprint density at radius 1 is 0.514 bits per heavy atom. The Morgan fingerprint density at radius 2 is 1.11 bits per heavy atom. The predicted octanol–water partition coefficient (Wildman–Crippen LogP) is 18.7. The van der Waals surface area contributed by atoms with Crippen LogP contribution in [0, 0.1) is 0 Å². The first kappa shape index (κ1) is 44.0. The molecule has 4 aliphatic rings. The Bertz CT molecular complexity index is 4540. The predicted molar refractivity (Wildman–Crippen MR) is 322 cm³/mol. The van der Waals surface area contributed by atoms with Crippen molar-refractivity contribution in [1.82, 2.24) is 4.57 Å². The number of hydrogen-bond acceptors (Lipinski definition) is 4. The van der Waals surface area contributed by atoms with Gasteiger partial charge in [0.25, 0.3) is 0 Å². The Labute approximate surface area is 441 Å². The molecule has 0 saturated heterocycles. The number of para-hydroxylation sites is 1. The lowest BCUT2D eigenvalue weighted by atomic mass is 9.44. The lowest BCUT2D eigenvalue weighted by Crippen LogP contribution is -2.60. The smallest absolute Gasteiger partial charge is 0.333 e. The molecule has 16 rings (SSSR count). The topological polar surface area (TPSA) is 21.3 Å². The molecule has 0 fully saturated rings. The second-order valence-electron chi connectivity index (χ2n) is 26.5. The highest BCUT2D eigenvalue weighted by atomic mass is 32.1. The van der Waals surface area contributed by atoms with Gasteiger partial charge in [0.2, 0.25) is 0 Å². The number of rotatable bonds is 1. The van der Waals surface area contributed by atoms with E-state index in [1.807, 2.05) is 22.7 Å². The zero-order valence-corrected chi connectivity index (χ0v) is 46.2. The minimum atomic E-state index is -0.156. The van der Waals surface area contributed by atoms with Crippen molar-refractivity contribution in [3.8, 4) is 16.8 Å². The molecule has 3 nitrogen and oxygen atoms in total. The number of nitrogens with zero attached hydrogens (tertiary/aromatic N) is 2. The van der Waals surface area contributed by atoms with E-state index in [0.717, 1.165) is 28.4 Å². The molecule has 0 N–H and O–H groups in total. The first-order chi connectivity index (χ1) is 35.3. The summed E-state index contributed by atoms with van der Waals surface area (Å²) in [5.74, 6) is 0. The van der Waals surface area contributed by atoms with Crippen molar-refractivity contribution in [3.63, 3.8) is 0 Å². The van der Waals surface area contributed by atoms with E-state index in [0.29, 0.717) is 0 Å². The highest BCUT2D eigenvalue weighted by molar-refractivity contribution is 7.27. The molecule has 2 aliphatic heterocycles. The van der Waals surface area contributed by atoms with Crippen LogP contribution in [0.5, 0.6) is 0 Å². The average molecular weight is 997 g/mol. The average Bonchev–Trinajstić information content (AvgIpc) is 4.20. The number of hydrogen-bond donors (Lipinski definition) is 0. The molecule has 4 aromatic heterocycles. The van der Waals surface area contributed by atoms with Crippen LogP contribution in [0.4, 0.5) is 11.4 Å². The van der Waals surface area contributed by atoms with E-state index in [2.05, 4.69) is 207 Å². The monoisotopic (exact) mass is 996 g/mol. The second-order valence-corrected chi connectivity index (χ2v) is 28.7. The highest BCUT2D eigenvalue weighted by Crippen LogP contribution is 2.57. The Balaban J connectivity index is 1.13. The summed E-state index contributed by atoms with van der Waals surface area (Å²) in [7, 11) is 0. The maximum Gasteiger partial charge on any atom is 0.333 e. The molecule has 0 atom stereocenters. The van der Waals surface area contributed by atoms with Gasteiger partial charge in [0.15, 0.2) is 0 Å². The van der Waals surface area contributed by atoms with Gasteiger partial charge >= 0.3 is 6.85 Å². The Kier molecular flexibility index (Phi) is 8.28. The van der Waals surface area contributed by atoms with Gasteiger partial charge in [-0.15, -0.1) is 22.7 Å². The van der Waals surface area contributed by atoms with Gasteiger partial charge in [-0.05, 0) is 164 Å². The number of benzene rings is 8. The minimum Gasteiger partial charge on any atom is -0.456 e. The van der Waals surface area contributed by atoms with Crippen LogP contribution < -0.4 is 15.7 Å². The van der Waals surface area contributed by atoms with E-state index >= 15 is 0 Å². The van der Waals surface area contributed by atoms with E-state index in [4.69, 9.17) is 4.42 Å². The van der Waals surface area contributed by atoms with Crippen molar-refractivity contribution in [2.45, 2.75) is 129 Å². The zero-order valence-electron chi connectivity index (χ0n) is 44.6. The molecule has 0 spiro atoms. The van der Waals surface area contributed by atoms with Crippen LogP contribution in [0.25, 0.3) is 101 Å². The maximum atomic E-state index is 6.94. The van der Waals surface area contributed by atoms with E-state index < -0.39 is 0 Å². The van der Waals surface area contributed by atoms with Crippen LogP contribution in [0.15, 0.2) is 126 Å². The fraction of sp³-hybridized carbons (Fsp3) is 0.294. The fourth-order valence-corrected chi connectivity index (χ4v) is 17.2. The summed E-state index contributed by atoms with van der Waals surface area (Å²) in [6.07, 6.45) is 4.73. The third-order valence-electron chi connectivity index (χ3n) is 19.2. The number of anilines is 2. The normalized spacial score (nSPS) is 18.1. The van der Waals surface area contributed by atoms with Crippen molar-refractivity contribution >= 4 is 136 Å². The summed E-state index contributed by atoms with van der Waals surface area (Å²) in [6, 6.07) is 48.2. The standard InChI is InChI=1S/C68H61BN2OS2/c1-64(2,3)36-20-22-37(23-21-36)71-51-31-42-41-28-45-48(68(10,11)27-25-65(45,4)5)34-57(41)73-56(42)32-44(51)60-61-62-58(59-39-17-13-15-19-55(39)74-63(59)60)43-29-46-47(67(8,9)26-24-66(46,6)7)33-50(43)70(62)52-30-40-38-16-12-14-18-53(38)72-54(40)35-49(52)69(61)71/h12-23,28-35H,24-27H2,1-11H3. The van der Waals surface area contributed by atoms with Gasteiger partial charge in [-0.1, -0.05) is 125 Å². The fourth-order valence-electron chi connectivity index (χ4n) is 14.8. The summed E-state index contributed by atoms with van der Waals surface area (Å²) in [5.41, 5.74) is 21.4. The molecule has 6 heterocycles. The third kappa shape index (κ3) is 5.59. The van der Waals surface area contributed by atoms with E-state index in [-0.39, 0.29) is 33.9 Å². The summed E-state index contributed by atoms with van der Waals surface area (Å²) >= 11 is 3.99. The molecule has 364 valence electrons. The van der Waals surface area contributed by atoms with Crippen LogP contribution >= 0.6 is 22.7 Å². The first-order valence-electron chi connectivity index (χ1n) is 27.2. The van der Waals surface area contributed by atoms with Gasteiger partial charge < -0.3 is 13.8 Å². The van der Waals surface area contributed by atoms with Crippen molar-refractivity contribution in [3.05, 3.63) is 149 Å². The molecule has 74 heavy (non-hydrogen) atoms. The lowest BCUT2D eigenvalue weighted by molar-refractivity contribution is 0.332. The molecule has 2 aliphatic carbocycles. The molecule has 6 heteroatoms. The van der Waals surface area contributed by atoms with Crippen LogP contribution in [0.3, 0.4) is 0 Å². The van der Waals surface area contributed by atoms with E-state index in [1.165, 1.54) is 148 Å². The van der Waals surface area contributed by atoms with Gasteiger partial charge in [0, 0.05) is 90.1 Å². The van der Waals surface area contributed by atoms with Crippen molar-refractivity contribution < 1.29 is 4.42 Å². The summed E-state index contributed by atoms with van der Waals surface area (Å²) < 4.78 is 15.2. The lowest BCUT2D eigenvalue weighted by Gasteiger charge is -2.42. The minimum absolute atomic E-state index is 0.0146. The first-order valence-corrected chi connectivity index (χ1v) is 28.8. The van der Waals surface area contributed by atoms with Gasteiger partial charge in [0.05, 0.1) is 11.0 Å². The molecule has 12 aromatic rings. The van der Waals surface area contributed by atoms with E-state index in [9.17, 15) is 0 Å². The number of thiophene rings is 2. The molecule has 0 saturated carbocycles. The van der Waals surface area contributed by atoms with Gasteiger partial charge in [-0.3, -0.25) is 0 Å². The molecule has 0 radical (unpaired) electrons. The van der Waals surface area contributed by atoms with Crippen LogP contribution in [0.2, 0.25) is 0 Å². The second kappa shape index (κ2) is 13.9. The van der Waals surface area contributed by atoms with E-state index in [1.54, 1.807) is 0 Å². The molecular weight excluding hydrogens is 936 g/mol. The van der Waals surface area contributed by atoms with Crippen molar-refractivity contribution in [2.24, 2.45) is 0 Å². The molecule has 8 aromatic carbocycles.